The molecule has 1 aromatic heterocycles. The van der Waals surface area contributed by atoms with Gasteiger partial charge in [0.25, 0.3) is 5.91 Å². The molecular weight excluding hydrogens is 547 g/mol. The number of halogens is 3. The number of aromatic nitrogens is 1. The summed E-state index contributed by atoms with van der Waals surface area (Å²) in [4.78, 5) is 12.9. The third-order valence-corrected chi connectivity index (χ3v) is 7.73. The number of fused-ring (bicyclic) bond motifs is 2. The van der Waals surface area contributed by atoms with Crippen LogP contribution in [0.3, 0.4) is 0 Å². The van der Waals surface area contributed by atoms with Gasteiger partial charge in [0, 0.05) is 35.8 Å². The lowest BCUT2D eigenvalue weighted by atomic mass is 9.96. The lowest BCUT2D eigenvalue weighted by Crippen LogP contribution is -2.23. The van der Waals surface area contributed by atoms with E-state index >= 15 is 0 Å². The number of rotatable bonds is 8. The molecule has 0 radical (unpaired) electrons. The van der Waals surface area contributed by atoms with Crippen molar-refractivity contribution in [3.8, 4) is 11.1 Å². The van der Waals surface area contributed by atoms with Crippen LogP contribution in [0.5, 0.6) is 0 Å². The van der Waals surface area contributed by atoms with Crippen LogP contribution in [-0.4, -0.2) is 17.0 Å². The molecule has 0 fully saturated rings. The van der Waals surface area contributed by atoms with Crippen LogP contribution in [0.2, 0.25) is 0 Å². The van der Waals surface area contributed by atoms with E-state index in [1.165, 1.54) is 22.4 Å². The first-order valence-electron chi connectivity index (χ1n) is 14.1. The molecule has 4 nitrogen and oxygen atoms in total. The van der Waals surface area contributed by atoms with Crippen LogP contribution in [0.1, 0.15) is 32.6 Å². The summed E-state index contributed by atoms with van der Waals surface area (Å²) in [7, 11) is 0. The van der Waals surface area contributed by atoms with E-state index in [0.717, 1.165) is 46.1 Å². The maximum absolute atomic E-state index is 13.1. The van der Waals surface area contributed by atoms with Gasteiger partial charge >= 0.3 is 6.18 Å². The maximum atomic E-state index is 13.1. The second-order valence-corrected chi connectivity index (χ2v) is 10.7. The van der Waals surface area contributed by atoms with E-state index in [-0.39, 0.29) is 12.5 Å². The number of hydrogen-bond acceptors (Lipinski definition) is 2. The zero-order valence-electron chi connectivity index (χ0n) is 23.4. The molecule has 7 heteroatoms. The van der Waals surface area contributed by atoms with Gasteiger partial charge in [-0.05, 0) is 88.0 Å². The second-order valence-electron chi connectivity index (χ2n) is 10.7. The highest BCUT2D eigenvalue weighted by Crippen LogP contribution is 2.33. The number of hydrogen-bond donors (Lipinski definition) is 2. The Bertz CT molecular complexity index is 1940. The van der Waals surface area contributed by atoms with Crippen molar-refractivity contribution in [2.75, 3.05) is 6.54 Å². The minimum atomic E-state index is -4.43. The first kappa shape index (κ1) is 28.2. The third-order valence-electron chi connectivity index (χ3n) is 7.73. The zero-order valence-corrected chi connectivity index (χ0v) is 23.4. The SMILES string of the molecule is NCCc1cn(Cc2cccc(C(=O)NCc3cccc(C(F)(F)F)c3)c2)c2ccc(-c3cccc4ccccc34)cc12. The molecular formula is C36H30F3N3O. The normalized spacial score (nSPS) is 11.7. The molecule has 0 bridgehead atoms. The van der Waals surface area contributed by atoms with E-state index in [4.69, 9.17) is 5.73 Å². The highest BCUT2D eigenvalue weighted by molar-refractivity contribution is 5.99. The van der Waals surface area contributed by atoms with Crippen LogP contribution in [0.4, 0.5) is 13.2 Å². The van der Waals surface area contributed by atoms with Crippen LogP contribution >= 0.6 is 0 Å². The Morgan fingerprint density at radius 3 is 2.40 bits per heavy atom. The van der Waals surface area contributed by atoms with Crippen molar-refractivity contribution in [1.82, 2.24) is 9.88 Å². The molecule has 0 atom stereocenters. The van der Waals surface area contributed by atoms with Gasteiger partial charge in [-0.2, -0.15) is 13.2 Å². The molecule has 6 rings (SSSR count). The molecule has 43 heavy (non-hydrogen) atoms. The van der Waals surface area contributed by atoms with Gasteiger partial charge in [-0.3, -0.25) is 4.79 Å². The van der Waals surface area contributed by atoms with Crippen molar-refractivity contribution in [2.45, 2.75) is 25.7 Å². The van der Waals surface area contributed by atoms with Crippen molar-refractivity contribution >= 4 is 27.6 Å². The summed E-state index contributed by atoms with van der Waals surface area (Å²) >= 11 is 0. The molecule has 0 saturated carbocycles. The lowest BCUT2D eigenvalue weighted by molar-refractivity contribution is -0.137. The van der Waals surface area contributed by atoms with Gasteiger partial charge in [-0.1, -0.05) is 72.8 Å². The third kappa shape index (κ3) is 6.03. The molecule has 1 amide bonds. The maximum Gasteiger partial charge on any atom is 0.416 e. The van der Waals surface area contributed by atoms with E-state index < -0.39 is 11.7 Å². The summed E-state index contributed by atoms with van der Waals surface area (Å²) in [5, 5.41) is 6.28. The number of amides is 1. The van der Waals surface area contributed by atoms with E-state index in [2.05, 4.69) is 70.7 Å². The Balaban J connectivity index is 1.25. The molecule has 0 spiro atoms. The number of nitrogens with one attached hydrogen (secondary N) is 1. The summed E-state index contributed by atoms with van der Waals surface area (Å²) in [6.07, 6.45) is -1.57. The first-order valence-corrected chi connectivity index (χ1v) is 14.1. The average molecular weight is 578 g/mol. The van der Waals surface area contributed by atoms with Crippen LogP contribution < -0.4 is 11.1 Å². The van der Waals surface area contributed by atoms with Crippen molar-refractivity contribution < 1.29 is 18.0 Å². The predicted molar refractivity (Wildman–Crippen MR) is 166 cm³/mol. The number of benzene rings is 5. The molecule has 1 heterocycles. The van der Waals surface area contributed by atoms with Crippen molar-refractivity contribution in [2.24, 2.45) is 5.73 Å². The highest BCUT2D eigenvalue weighted by Gasteiger charge is 2.30. The van der Waals surface area contributed by atoms with E-state index in [0.29, 0.717) is 24.2 Å². The van der Waals surface area contributed by atoms with Gasteiger partial charge in [0.05, 0.1) is 5.56 Å². The standard InChI is InChI=1S/C36H30F3N3O/c37-36(38,39)30-11-4-6-24(19-30)21-41-35(43)28-10-3-7-25(18-28)22-42-23-29(16-17-40)33-20-27(14-15-34(33)42)32-13-5-9-26-8-1-2-12-31(26)32/h1-15,18-20,23H,16-17,21-22,40H2,(H,41,43). The lowest BCUT2D eigenvalue weighted by Gasteiger charge is -2.11. The number of nitrogens with zero attached hydrogens (tertiary/aromatic N) is 1. The molecule has 0 aliphatic rings. The molecule has 5 aromatic carbocycles. The quantitative estimate of drug-likeness (QED) is 0.193. The molecule has 216 valence electrons. The molecule has 0 saturated heterocycles. The Morgan fingerprint density at radius 2 is 1.56 bits per heavy atom. The molecule has 0 aliphatic heterocycles. The second kappa shape index (κ2) is 11.8. The van der Waals surface area contributed by atoms with Gasteiger partial charge in [0.2, 0.25) is 0 Å². The predicted octanol–water partition coefficient (Wildman–Crippen LogP) is 7.96. The van der Waals surface area contributed by atoms with E-state index in [9.17, 15) is 18.0 Å². The van der Waals surface area contributed by atoms with Gasteiger partial charge < -0.3 is 15.6 Å². The topological polar surface area (TPSA) is 60.0 Å². The summed E-state index contributed by atoms with van der Waals surface area (Å²) < 4.78 is 41.3. The number of carbonyl (C=O) groups is 1. The van der Waals surface area contributed by atoms with Gasteiger partial charge in [0.1, 0.15) is 0 Å². The minimum absolute atomic E-state index is 0.00327. The number of nitrogens with two attached hydrogens (primary N) is 1. The largest absolute Gasteiger partial charge is 0.416 e. The van der Waals surface area contributed by atoms with Gasteiger partial charge in [0.15, 0.2) is 0 Å². The summed E-state index contributed by atoms with van der Waals surface area (Å²) in [5.74, 6) is -0.347. The van der Waals surface area contributed by atoms with Crippen molar-refractivity contribution in [1.29, 1.82) is 0 Å². The van der Waals surface area contributed by atoms with Gasteiger partial charge in [-0.25, -0.2) is 0 Å². The highest BCUT2D eigenvalue weighted by atomic mass is 19.4. The fourth-order valence-corrected chi connectivity index (χ4v) is 5.65. The number of carbonyl (C=O) groups excluding carboxylic acids is 1. The van der Waals surface area contributed by atoms with E-state index in [1.807, 2.05) is 24.3 Å². The minimum Gasteiger partial charge on any atom is -0.348 e. The van der Waals surface area contributed by atoms with Crippen LogP contribution in [-0.2, 0) is 25.7 Å². The smallest absolute Gasteiger partial charge is 0.348 e. The van der Waals surface area contributed by atoms with E-state index in [1.54, 1.807) is 12.1 Å². The van der Waals surface area contributed by atoms with Crippen LogP contribution in [0, 0.1) is 0 Å². The number of alkyl halides is 3. The summed E-state index contributed by atoms with van der Waals surface area (Å²) in [5.41, 5.74) is 11.6. The van der Waals surface area contributed by atoms with Crippen molar-refractivity contribution in [3.05, 3.63) is 143 Å². The molecule has 6 aromatic rings. The van der Waals surface area contributed by atoms with Crippen LogP contribution in [0.25, 0.3) is 32.8 Å². The van der Waals surface area contributed by atoms with Crippen LogP contribution in [0.15, 0.2) is 115 Å². The zero-order chi connectivity index (χ0) is 30.0. The molecule has 3 N–H and O–H groups in total. The molecule has 0 unspecified atom stereocenters. The molecule has 0 aliphatic carbocycles. The summed E-state index contributed by atoms with van der Waals surface area (Å²) in [6, 6.07) is 33.5. The monoisotopic (exact) mass is 577 g/mol. The van der Waals surface area contributed by atoms with Gasteiger partial charge in [-0.15, -0.1) is 0 Å². The average Bonchev–Trinajstić information content (AvgIpc) is 3.35. The Hall–Kier alpha value is -4.88. The van der Waals surface area contributed by atoms with Crippen molar-refractivity contribution in [3.63, 3.8) is 0 Å². The Kier molecular flexibility index (Phi) is 7.74. The summed E-state index contributed by atoms with van der Waals surface area (Å²) in [6.45, 7) is 1.07. The Labute approximate surface area is 247 Å². The Morgan fingerprint density at radius 1 is 0.791 bits per heavy atom. The fraction of sp³-hybridized carbons (Fsp3) is 0.139. The fourth-order valence-electron chi connectivity index (χ4n) is 5.65. The first-order chi connectivity index (χ1) is 20.8.